The summed E-state index contributed by atoms with van der Waals surface area (Å²) in [6.07, 6.45) is 13.0. The fourth-order valence-corrected chi connectivity index (χ4v) is 4.55. The highest BCUT2D eigenvalue weighted by atomic mass is 16.1. The molecule has 4 rings (SSSR count). The maximum absolute atomic E-state index is 12.5. The van der Waals surface area contributed by atoms with Crippen LogP contribution in [0.25, 0.3) is 11.3 Å². The molecule has 0 N–H and O–H groups in total. The predicted octanol–water partition coefficient (Wildman–Crippen LogP) is 2.89. The lowest BCUT2D eigenvalue weighted by Crippen LogP contribution is -2.41. The highest BCUT2D eigenvalue weighted by Gasteiger charge is 2.20. The number of nitrogens with zero attached hydrogens (tertiary/aromatic N) is 5. The van der Waals surface area contributed by atoms with Gasteiger partial charge in [0.15, 0.2) is 0 Å². The van der Waals surface area contributed by atoms with Gasteiger partial charge in [0, 0.05) is 43.7 Å². The maximum Gasteiger partial charge on any atom is 0.253 e. The topological polar surface area (TPSA) is 54.3 Å². The van der Waals surface area contributed by atoms with Crippen LogP contribution in [0, 0.1) is 5.92 Å². The van der Waals surface area contributed by atoms with E-state index in [4.69, 9.17) is 0 Å². The van der Waals surface area contributed by atoms with E-state index in [2.05, 4.69) is 19.8 Å². The van der Waals surface area contributed by atoms with Gasteiger partial charge in [0.05, 0.1) is 12.0 Å². The molecule has 29 heavy (non-hydrogen) atoms. The van der Waals surface area contributed by atoms with Crippen LogP contribution in [0.1, 0.15) is 38.5 Å². The molecular weight excluding hydrogens is 362 g/mol. The van der Waals surface area contributed by atoms with Gasteiger partial charge in [-0.25, -0.2) is 4.98 Å². The molecule has 0 amide bonds. The van der Waals surface area contributed by atoms with Gasteiger partial charge < -0.3 is 9.80 Å². The average molecular weight is 396 g/mol. The Morgan fingerprint density at radius 1 is 0.966 bits per heavy atom. The van der Waals surface area contributed by atoms with E-state index >= 15 is 0 Å². The average Bonchev–Trinajstić information content (AvgIpc) is 3.04. The second-order valence-electron chi connectivity index (χ2n) is 8.55. The first kappa shape index (κ1) is 20.2. The molecule has 0 bridgehead atoms. The first-order valence-corrected chi connectivity index (χ1v) is 11.2. The quantitative estimate of drug-likeness (QED) is 0.753. The van der Waals surface area contributed by atoms with Crippen molar-refractivity contribution in [3.63, 3.8) is 0 Å². The molecule has 0 aromatic carbocycles. The SMILES string of the molecule is O=c1cc(-c2cccnc2)ncn1CC1CCN(CCN2CCCCCC2)CC1. The predicted molar refractivity (Wildman–Crippen MR) is 116 cm³/mol. The van der Waals surface area contributed by atoms with Crippen molar-refractivity contribution in [1.29, 1.82) is 0 Å². The van der Waals surface area contributed by atoms with E-state index in [-0.39, 0.29) is 5.56 Å². The lowest BCUT2D eigenvalue weighted by Gasteiger charge is -2.33. The Hall–Kier alpha value is -2.05. The number of aromatic nitrogens is 3. The fraction of sp³-hybridized carbons (Fsp3) is 0.609. The zero-order chi connectivity index (χ0) is 19.9. The number of hydrogen-bond donors (Lipinski definition) is 0. The zero-order valence-electron chi connectivity index (χ0n) is 17.4. The third-order valence-corrected chi connectivity index (χ3v) is 6.43. The van der Waals surface area contributed by atoms with Crippen LogP contribution in [0.3, 0.4) is 0 Å². The van der Waals surface area contributed by atoms with Crippen molar-refractivity contribution in [2.75, 3.05) is 39.3 Å². The van der Waals surface area contributed by atoms with Crippen molar-refractivity contribution >= 4 is 0 Å². The second kappa shape index (κ2) is 10.1. The number of rotatable bonds is 6. The molecule has 0 aliphatic carbocycles. The molecule has 0 unspecified atom stereocenters. The summed E-state index contributed by atoms with van der Waals surface area (Å²) < 4.78 is 1.78. The fourth-order valence-electron chi connectivity index (χ4n) is 4.55. The zero-order valence-corrected chi connectivity index (χ0v) is 17.4. The van der Waals surface area contributed by atoms with E-state index in [0.717, 1.165) is 38.0 Å². The summed E-state index contributed by atoms with van der Waals surface area (Å²) in [5, 5.41) is 0. The molecule has 2 saturated heterocycles. The molecule has 2 aromatic heterocycles. The molecule has 2 fully saturated rings. The molecule has 0 spiro atoms. The van der Waals surface area contributed by atoms with E-state index in [9.17, 15) is 4.79 Å². The minimum atomic E-state index is 0.0300. The molecule has 156 valence electrons. The van der Waals surface area contributed by atoms with Crippen LogP contribution in [-0.2, 0) is 6.54 Å². The van der Waals surface area contributed by atoms with Crippen LogP contribution in [0.15, 0.2) is 41.7 Å². The summed E-state index contributed by atoms with van der Waals surface area (Å²) in [5.74, 6) is 0.563. The van der Waals surface area contributed by atoms with Crippen LogP contribution >= 0.6 is 0 Å². The summed E-state index contributed by atoms with van der Waals surface area (Å²) in [6, 6.07) is 5.43. The van der Waals surface area contributed by atoms with Gasteiger partial charge in [-0.15, -0.1) is 0 Å². The van der Waals surface area contributed by atoms with Crippen molar-refractivity contribution in [3.05, 3.63) is 47.3 Å². The maximum atomic E-state index is 12.5. The van der Waals surface area contributed by atoms with Gasteiger partial charge in [0.25, 0.3) is 5.56 Å². The van der Waals surface area contributed by atoms with E-state index in [1.165, 1.54) is 51.9 Å². The Labute approximate surface area is 173 Å². The Morgan fingerprint density at radius 3 is 2.34 bits per heavy atom. The smallest absolute Gasteiger partial charge is 0.253 e. The number of pyridine rings is 1. The van der Waals surface area contributed by atoms with Crippen molar-refractivity contribution in [1.82, 2.24) is 24.3 Å². The molecule has 4 heterocycles. The van der Waals surface area contributed by atoms with Gasteiger partial charge in [0.2, 0.25) is 0 Å². The molecule has 2 aliphatic heterocycles. The van der Waals surface area contributed by atoms with E-state index in [0.29, 0.717) is 11.6 Å². The Bertz CT molecular complexity index is 806. The highest BCUT2D eigenvalue weighted by molar-refractivity contribution is 5.56. The summed E-state index contributed by atoms with van der Waals surface area (Å²) in [6.45, 7) is 8.03. The lowest BCUT2D eigenvalue weighted by atomic mass is 9.96. The van der Waals surface area contributed by atoms with Crippen LogP contribution in [0.4, 0.5) is 0 Å². The van der Waals surface area contributed by atoms with Crippen LogP contribution < -0.4 is 5.56 Å². The van der Waals surface area contributed by atoms with Gasteiger partial charge in [-0.05, 0) is 69.9 Å². The molecule has 0 atom stereocenters. The van der Waals surface area contributed by atoms with Crippen molar-refractivity contribution in [2.24, 2.45) is 5.92 Å². The van der Waals surface area contributed by atoms with E-state index in [1.807, 2.05) is 12.1 Å². The Morgan fingerprint density at radius 2 is 1.69 bits per heavy atom. The summed E-state index contributed by atoms with van der Waals surface area (Å²) in [5.41, 5.74) is 1.61. The van der Waals surface area contributed by atoms with Crippen LogP contribution in [-0.4, -0.2) is 63.6 Å². The summed E-state index contributed by atoms with van der Waals surface area (Å²) in [7, 11) is 0. The lowest BCUT2D eigenvalue weighted by molar-refractivity contribution is 0.149. The van der Waals surface area contributed by atoms with Crippen LogP contribution in [0.2, 0.25) is 0 Å². The molecular formula is C23H33N5O. The molecule has 0 saturated carbocycles. The standard InChI is InChI=1S/C23H33N5O/c29-23-16-22(21-6-5-9-24-17-21)25-19-28(23)18-20-7-12-27(13-8-20)15-14-26-10-3-1-2-4-11-26/h5-6,9,16-17,19-20H,1-4,7-8,10-15,18H2. The van der Waals surface area contributed by atoms with Gasteiger partial charge in [-0.1, -0.05) is 12.8 Å². The number of hydrogen-bond acceptors (Lipinski definition) is 5. The Kier molecular flexibility index (Phi) is 7.06. The van der Waals surface area contributed by atoms with Gasteiger partial charge in [0.1, 0.15) is 0 Å². The molecule has 6 nitrogen and oxygen atoms in total. The van der Waals surface area contributed by atoms with Gasteiger partial charge in [-0.2, -0.15) is 0 Å². The Balaban J connectivity index is 1.25. The van der Waals surface area contributed by atoms with E-state index < -0.39 is 0 Å². The molecule has 2 aliphatic rings. The van der Waals surface area contributed by atoms with Gasteiger partial charge >= 0.3 is 0 Å². The normalized spacial score (nSPS) is 19.9. The second-order valence-corrected chi connectivity index (χ2v) is 8.55. The highest BCUT2D eigenvalue weighted by Crippen LogP contribution is 2.19. The van der Waals surface area contributed by atoms with Crippen molar-refractivity contribution in [2.45, 2.75) is 45.1 Å². The van der Waals surface area contributed by atoms with E-state index in [1.54, 1.807) is 29.4 Å². The molecule has 6 heteroatoms. The first-order valence-electron chi connectivity index (χ1n) is 11.2. The van der Waals surface area contributed by atoms with Crippen LogP contribution in [0.5, 0.6) is 0 Å². The number of piperidine rings is 1. The minimum Gasteiger partial charge on any atom is -0.302 e. The third-order valence-electron chi connectivity index (χ3n) is 6.43. The number of likely N-dealkylation sites (tertiary alicyclic amines) is 2. The minimum absolute atomic E-state index is 0.0300. The van der Waals surface area contributed by atoms with Crippen molar-refractivity contribution < 1.29 is 0 Å². The first-order chi connectivity index (χ1) is 14.3. The van der Waals surface area contributed by atoms with Gasteiger partial charge in [-0.3, -0.25) is 14.3 Å². The molecule has 0 radical (unpaired) electrons. The molecule has 2 aromatic rings. The largest absolute Gasteiger partial charge is 0.302 e. The monoisotopic (exact) mass is 395 g/mol. The van der Waals surface area contributed by atoms with Crippen molar-refractivity contribution in [3.8, 4) is 11.3 Å². The summed E-state index contributed by atoms with van der Waals surface area (Å²) >= 11 is 0. The summed E-state index contributed by atoms with van der Waals surface area (Å²) in [4.78, 5) is 26.4. The third kappa shape index (κ3) is 5.73.